The lowest BCUT2D eigenvalue weighted by Crippen LogP contribution is -2.31. The third-order valence-corrected chi connectivity index (χ3v) is 3.83. The van der Waals surface area contributed by atoms with E-state index in [0.29, 0.717) is 6.42 Å². The molecule has 0 amide bonds. The molecule has 1 aliphatic rings. The second-order valence-electron chi connectivity index (χ2n) is 5.63. The second kappa shape index (κ2) is 4.98. The van der Waals surface area contributed by atoms with Crippen LogP contribution in [-0.4, -0.2) is 11.2 Å². The van der Waals surface area contributed by atoms with E-state index in [4.69, 9.17) is 9.15 Å². The van der Waals surface area contributed by atoms with E-state index in [1.165, 1.54) is 0 Å². The highest BCUT2D eigenvalue weighted by Crippen LogP contribution is 2.44. The first-order chi connectivity index (χ1) is 9.61. The van der Waals surface area contributed by atoms with Gasteiger partial charge in [0.15, 0.2) is 0 Å². The van der Waals surface area contributed by atoms with Gasteiger partial charge in [-0.25, -0.2) is 0 Å². The highest BCUT2D eigenvalue weighted by Gasteiger charge is 2.39. The molecule has 1 aliphatic carbocycles. The Balaban J connectivity index is 2.10. The fraction of sp³-hybridized carbons (Fsp3) is 0.412. The number of hydrogen-bond acceptors (Lipinski definition) is 3. The van der Waals surface area contributed by atoms with Gasteiger partial charge in [0.25, 0.3) is 0 Å². The Hall–Kier alpha value is -1.74. The summed E-state index contributed by atoms with van der Waals surface area (Å²) in [5, 5.41) is 11.2. The van der Waals surface area contributed by atoms with Gasteiger partial charge in [0, 0.05) is 17.5 Å². The lowest BCUT2D eigenvalue weighted by atomic mass is 9.77. The van der Waals surface area contributed by atoms with Crippen LogP contribution < -0.4 is 4.74 Å². The van der Waals surface area contributed by atoms with Crippen LogP contribution in [0.1, 0.15) is 43.6 Å². The molecular weight excluding hydrogens is 252 g/mol. The van der Waals surface area contributed by atoms with Gasteiger partial charge in [-0.15, -0.1) is 0 Å². The molecule has 3 rings (SSSR count). The summed E-state index contributed by atoms with van der Waals surface area (Å²) in [5.41, 5.74) is 0.700. The minimum Gasteiger partial charge on any atom is -0.491 e. The van der Waals surface area contributed by atoms with E-state index < -0.39 is 5.60 Å². The van der Waals surface area contributed by atoms with Crippen molar-refractivity contribution >= 4 is 0 Å². The first kappa shape index (κ1) is 13.3. The van der Waals surface area contributed by atoms with Crippen LogP contribution in [0.15, 0.2) is 41.0 Å². The van der Waals surface area contributed by atoms with Crippen LogP contribution in [0.25, 0.3) is 0 Å². The molecule has 0 radical (unpaired) electrons. The molecule has 0 fully saturated rings. The number of fused-ring (bicyclic) bond motifs is 1. The summed E-state index contributed by atoms with van der Waals surface area (Å²) in [6.45, 7) is 3.98. The van der Waals surface area contributed by atoms with Crippen molar-refractivity contribution in [2.45, 2.75) is 44.8 Å². The molecule has 3 heteroatoms. The molecule has 1 unspecified atom stereocenters. The summed E-state index contributed by atoms with van der Waals surface area (Å²) >= 11 is 0. The molecular formula is C17H20O3. The number of benzene rings is 1. The first-order valence-corrected chi connectivity index (χ1v) is 7.16. The number of furan rings is 1. The van der Waals surface area contributed by atoms with Crippen molar-refractivity contribution in [2.75, 3.05) is 0 Å². The van der Waals surface area contributed by atoms with Crippen LogP contribution in [0, 0.1) is 0 Å². The van der Waals surface area contributed by atoms with E-state index in [0.717, 1.165) is 35.5 Å². The summed E-state index contributed by atoms with van der Waals surface area (Å²) < 4.78 is 11.4. The summed E-state index contributed by atoms with van der Waals surface area (Å²) in [5.74, 6) is 1.64. The molecule has 106 valence electrons. The smallest absolute Gasteiger partial charge is 0.126 e. The topological polar surface area (TPSA) is 42.6 Å². The lowest BCUT2D eigenvalue weighted by molar-refractivity contribution is 0.0545. The number of rotatable bonds is 3. The van der Waals surface area contributed by atoms with Gasteiger partial charge < -0.3 is 14.3 Å². The molecule has 0 aliphatic heterocycles. The van der Waals surface area contributed by atoms with Crippen LogP contribution in [-0.2, 0) is 12.0 Å². The van der Waals surface area contributed by atoms with Crippen molar-refractivity contribution in [1.29, 1.82) is 0 Å². The zero-order chi connectivity index (χ0) is 14.2. The standard InChI is InChI=1S/C17H20O3/c1-12(2)20-16-7-4-3-6-13(16)17(18)10-5-8-15-14(17)9-11-19-15/h3-4,6-7,9,11-12,18H,5,8,10H2,1-2H3. The van der Waals surface area contributed by atoms with E-state index in [9.17, 15) is 5.11 Å². The van der Waals surface area contributed by atoms with Gasteiger partial charge >= 0.3 is 0 Å². The van der Waals surface area contributed by atoms with E-state index in [-0.39, 0.29) is 6.10 Å². The fourth-order valence-corrected chi connectivity index (χ4v) is 2.99. The Morgan fingerprint density at radius 1 is 1.20 bits per heavy atom. The molecule has 0 saturated carbocycles. The molecule has 1 heterocycles. The number of ether oxygens (including phenoxy) is 1. The summed E-state index contributed by atoms with van der Waals surface area (Å²) in [6.07, 6.45) is 4.22. The van der Waals surface area contributed by atoms with E-state index in [1.807, 2.05) is 44.2 Å². The van der Waals surface area contributed by atoms with E-state index in [2.05, 4.69) is 0 Å². The monoisotopic (exact) mass is 272 g/mol. The largest absolute Gasteiger partial charge is 0.491 e. The van der Waals surface area contributed by atoms with Crippen molar-refractivity contribution in [3.8, 4) is 5.75 Å². The maximum absolute atomic E-state index is 11.2. The van der Waals surface area contributed by atoms with Gasteiger partial charge in [0.1, 0.15) is 17.1 Å². The number of aryl methyl sites for hydroxylation is 1. The molecule has 1 N–H and O–H groups in total. The zero-order valence-electron chi connectivity index (χ0n) is 11.9. The summed E-state index contributed by atoms with van der Waals surface area (Å²) in [4.78, 5) is 0. The van der Waals surface area contributed by atoms with Crippen molar-refractivity contribution in [2.24, 2.45) is 0 Å². The predicted molar refractivity (Wildman–Crippen MR) is 76.9 cm³/mol. The molecule has 20 heavy (non-hydrogen) atoms. The van der Waals surface area contributed by atoms with Crippen molar-refractivity contribution in [3.63, 3.8) is 0 Å². The lowest BCUT2D eigenvalue weighted by Gasteiger charge is -2.33. The minimum atomic E-state index is -1.01. The molecule has 0 spiro atoms. The highest BCUT2D eigenvalue weighted by molar-refractivity contribution is 5.46. The fourth-order valence-electron chi connectivity index (χ4n) is 2.99. The Morgan fingerprint density at radius 2 is 2.00 bits per heavy atom. The van der Waals surface area contributed by atoms with Gasteiger partial charge in [-0.2, -0.15) is 0 Å². The van der Waals surface area contributed by atoms with Crippen LogP contribution in [0.3, 0.4) is 0 Å². The maximum atomic E-state index is 11.2. The van der Waals surface area contributed by atoms with Gasteiger partial charge in [-0.1, -0.05) is 18.2 Å². The van der Waals surface area contributed by atoms with Gasteiger partial charge in [-0.3, -0.25) is 0 Å². The van der Waals surface area contributed by atoms with Crippen molar-refractivity contribution < 1.29 is 14.3 Å². The molecule has 1 aromatic heterocycles. The second-order valence-corrected chi connectivity index (χ2v) is 5.63. The quantitative estimate of drug-likeness (QED) is 0.927. The number of hydrogen-bond donors (Lipinski definition) is 1. The molecule has 1 aromatic carbocycles. The summed E-state index contributed by atoms with van der Waals surface area (Å²) in [6, 6.07) is 9.61. The molecule has 2 aromatic rings. The van der Waals surface area contributed by atoms with E-state index >= 15 is 0 Å². The Kier molecular flexibility index (Phi) is 3.30. The highest BCUT2D eigenvalue weighted by atomic mass is 16.5. The maximum Gasteiger partial charge on any atom is 0.126 e. The predicted octanol–water partition coefficient (Wildman–Crippen LogP) is 3.64. The van der Waals surface area contributed by atoms with Crippen LogP contribution in [0.4, 0.5) is 0 Å². The number of para-hydroxylation sites is 1. The molecule has 0 bridgehead atoms. The van der Waals surface area contributed by atoms with Gasteiger partial charge in [-0.05, 0) is 38.8 Å². The Labute approximate surface area is 119 Å². The molecule has 0 saturated heterocycles. The van der Waals surface area contributed by atoms with Crippen molar-refractivity contribution in [1.82, 2.24) is 0 Å². The average molecular weight is 272 g/mol. The SMILES string of the molecule is CC(C)Oc1ccccc1C1(O)CCCc2occc21. The van der Waals surface area contributed by atoms with Crippen LogP contribution in [0.5, 0.6) is 5.75 Å². The van der Waals surface area contributed by atoms with Crippen molar-refractivity contribution in [3.05, 3.63) is 53.5 Å². The summed E-state index contributed by atoms with van der Waals surface area (Å²) in [7, 11) is 0. The normalized spacial score (nSPS) is 21.8. The first-order valence-electron chi connectivity index (χ1n) is 7.16. The molecule has 1 atom stereocenters. The number of aliphatic hydroxyl groups is 1. The van der Waals surface area contributed by atoms with Gasteiger partial charge in [0.05, 0.1) is 12.4 Å². The third-order valence-electron chi connectivity index (χ3n) is 3.83. The Morgan fingerprint density at radius 3 is 2.80 bits per heavy atom. The minimum absolute atomic E-state index is 0.0761. The van der Waals surface area contributed by atoms with Gasteiger partial charge in [0.2, 0.25) is 0 Å². The van der Waals surface area contributed by atoms with Crippen LogP contribution in [0.2, 0.25) is 0 Å². The van der Waals surface area contributed by atoms with E-state index in [1.54, 1.807) is 6.26 Å². The van der Waals surface area contributed by atoms with Crippen LogP contribution >= 0.6 is 0 Å². The molecule has 3 nitrogen and oxygen atoms in total. The average Bonchev–Trinajstić information content (AvgIpc) is 2.88. The third kappa shape index (κ3) is 2.12. The zero-order valence-corrected chi connectivity index (χ0v) is 11.9. The Bertz CT molecular complexity index is 600.